The first-order valence-corrected chi connectivity index (χ1v) is 6.17. The van der Waals surface area contributed by atoms with E-state index >= 15 is 0 Å². The van der Waals surface area contributed by atoms with Crippen LogP contribution in [0.3, 0.4) is 0 Å². The van der Waals surface area contributed by atoms with E-state index in [1.54, 1.807) is 0 Å². The third-order valence-corrected chi connectivity index (χ3v) is 3.73. The van der Waals surface area contributed by atoms with Crippen molar-refractivity contribution in [1.29, 1.82) is 0 Å². The zero-order valence-electron chi connectivity index (χ0n) is 10.4. The molecule has 0 aliphatic carbocycles. The molecule has 2 nitrogen and oxygen atoms in total. The van der Waals surface area contributed by atoms with Gasteiger partial charge in [0, 0.05) is 37.9 Å². The Balaban J connectivity index is 2.02. The Morgan fingerprint density at radius 2 is 1.94 bits per heavy atom. The molecule has 1 unspecified atom stereocenters. The Morgan fingerprint density at radius 3 is 2.71 bits per heavy atom. The highest BCUT2D eigenvalue weighted by Gasteiger charge is 2.23. The summed E-state index contributed by atoms with van der Waals surface area (Å²) in [5.74, 6) is 0.501. The van der Waals surface area contributed by atoms with Gasteiger partial charge in [0.05, 0.1) is 0 Å². The molecule has 1 aliphatic heterocycles. The fourth-order valence-electron chi connectivity index (χ4n) is 2.67. The van der Waals surface area contributed by atoms with Gasteiger partial charge < -0.3 is 9.88 Å². The summed E-state index contributed by atoms with van der Waals surface area (Å²) in [5, 5.41) is 3.51. The number of benzene rings is 1. The third-order valence-electron chi connectivity index (χ3n) is 3.73. The molecule has 0 bridgehead atoms. The molecule has 0 fully saturated rings. The maximum Gasteiger partial charge on any atom is 0.0362 e. The first-order chi connectivity index (χ1) is 8.25. The molecule has 1 atom stereocenters. The predicted molar refractivity (Wildman–Crippen MR) is 70.1 cm³/mol. The first-order valence-electron chi connectivity index (χ1n) is 6.17. The minimum absolute atomic E-state index is 0.501. The van der Waals surface area contributed by atoms with Crippen LogP contribution in [0.5, 0.6) is 0 Å². The number of nitrogens with zero attached hydrogens (tertiary/aromatic N) is 1. The highest BCUT2D eigenvalue weighted by atomic mass is 15.0. The molecule has 88 valence electrons. The van der Waals surface area contributed by atoms with Gasteiger partial charge >= 0.3 is 0 Å². The van der Waals surface area contributed by atoms with Crippen molar-refractivity contribution in [2.45, 2.75) is 19.4 Å². The summed E-state index contributed by atoms with van der Waals surface area (Å²) in [6.07, 6.45) is 2.17. The summed E-state index contributed by atoms with van der Waals surface area (Å²) in [5.41, 5.74) is 5.64. The molecule has 3 rings (SSSR count). The van der Waals surface area contributed by atoms with Crippen molar-refractivity contribution in [3.05, 3.63) is 58.9 Å². The number of nitrogens with one attached hydrogen (secondary N) is 1. The smallest absolute Gasteiger partial charge is 0.0362 e. The molecule has 0 amide bonds. The highest BCUT2D eigenvalue weighted by molar-refractivity contribution is 5.39. The molecule has 1 aromatic heterocycles. The number of hydrogen-bond acceptors (Lipinski definition) is 1. The quantitative estimate of drug-likeness (QED) is 0.791. The second kappa shape index (κ2) is 4.04. The van der Waals surface area contributed by atoms with E-state index in [4.69, 9.17) is 0 Å². The minimum atomic E-state index is 0.501. The summed E-state index contributed by atoms with van der Waals surface area (Å²) < 4.78 is 2.22. The van der Waals surface area contributed by atoms with Gasteiger partial charge in [-0.25, -0.2) is 0 Å². The molecule has 17 heavy (non-hydrogen) atoms. The topological polar surface area (TPSA) is 17.0 Å². The van der Waals surface area contributed by atoms with Crippen molar-refractivity contribution in [2.75, 3.05) is 6.54 Å². The molecular weight excluding hydrogens is 208 g/mol. The third kappa shape index (κ3) is 1.79. The summed E-state index contributed by atoms with van der Waals surface area (Å²) in [7, 11) is 2.12. The van der Waals surface area contributed by atoms with Gasteiger partial charge in [-0.3, -0.25) is 0 Å². The van der Waals surface area contributed by atoms with Crippen LogP contribution < -0.4 is 5.32 Å². The maximum absolute atomic E-state index is 3.51. The number of aryl methyl sites for hydroxylation is 2. The first kappa shape index (κ1) is 10.6. The monoisotopic (exact) mass is 226 g/mol. The highest BCUT2D eigenvalue weighted by Crippen LogP contribution is 2.30. The molecule has 0 saturated carbocycles. The zero-order chi connectivity index (χ0) is 11.8. The Morgan fingerprint density at radius 1 is 1.18 bits per heavy atom. The van der Waals surface area contributed by atoms with E-state index in [0.29, 0.717) is 5.92 Å². The number of aromatic nitrogens is 1. The molecule has 2 heteroatoms. The van der Waals surface area contributed by atoms with Crippen LogP contribution in [-0.4, -0.2) is 11.1 Å². The van der Waals surface area contributed by atoms with Gasteiger partial charge in [0.25, 0.3) is 0 Å². The van der Waals surface area contributed by atoms with E-state index in [9.17, 15) is 0 Å². The molecule has 2 aromatic rings. The van der Waals surface area contributed by atoms with E-state index in [2.05, 4.69) is 60.4 Å². The van der Waals surface area contributed by atoms with Crippen molar-refractivity contribution < 1.29 is 0 Å². The molecule has 0 saturated heterocycles. The average Bonchev–Trinajstić information content (AvgIpc) is 2.73. The summed E-state index contributed by atoms with van der Waals surface area (Å²) >= 11 is 0. The van der Waals surface area contributed by atoms with Crippen molar-refractivity contribution in [3.63, 3.8) is 0 Å². The second-order valence-corrected chi connectivity index (χ2v) is 4.92. The van der Waals surface area contributed by atoms with Gasteiger partial charge in [0.1, 0.15) is 0 Å². The van der Waals surface area contributed by atoms with Gasteiger partial charge in [-0.05, 0) is 24.1 Å². The standard InChI is InChI=1S/C15H18N2/c1-11-3-5-12(6-4-11)14-9-16-10-15-13(14)7-8-17(15)2/h3-8,14,16H,9-10H2,1-2H3. The lowest BCUT2D eigenvalue weighted by molar-refractivity contribution is 0.567. The van der Waals surface area contributed by atoms with E-state index in [-0.39, 0.29) is 0 Å². The van der Waals surface area contributed by atoms with Crippen molar-refractivity contribution in [1.82, 2.24) is 9.88 Å². The van der Waals surface area contributed by atoms with Crippen LogP contribution in [0.1, 0.15) is 28.3 Å². The maximum atomic E-state index is 3.51. The minimum Gasteiger partial charge on any atom is -0.353 e. The summed E-state index contributed by atoms with van der Waals surface area (Å²) in [4.78, 5) is 0. The number of rotatable bonds is 1. The average molecular weight is 226 g/mol. The summed E-state index contributed by atoms with van der Waals surface area (Å²) in [6.45, 7) is 4.16. The SMILES string of the molecule is Cc1ccc(C2CNCc3c2ccn3C)cc1. The van der Waals surface area contributed by atoms with Gasteiger partial charge in [-0.2, -0.15) is 0 Å². The van der Waals surface area contributed by atoms with Crippen molar-refractivity contribution in [3.8, 4) is 0 Å². The van der Waals surface area contributed by atoms with E-state index in [1.165, 1.54) is 22.4 Å². The Labute approximate surface area is 102 Å². The van der Waals surface area contributed by atoms with Crippen LogP contribution in [0.4, 0.5) is 0 Å². The van der Waals surface area contributed by atoms with Crippen LogP contribution >= 0.6 is 0 Å². The van der Waals surface area contributed by atoms with Crippen LogP contribution in [0.25, 0.3) is 0 Å². The van der Waals surface area contributed by atoms with E-state index in [0.717, 1.165) is 13.1 Å². The van der Waals surface area contributed by atoms with Crippen LogP contribution in [0.15, 0.2) is 36.5 Å². The van der Waals surface area contributed by atoms with Gasteiger partial charge in [-0.15, -0.1) is 0 Å². The fraction of sp³-hybridized carbons (Fsp3) is 0.333. The number of hydrogen-bond donors (Lipinski definition) is 1. The molecule has 1 aliphatic rings. The van der Waals surface area contributed by atoms with Crippen LogP contribution in [-0.2, 0) is 13.6 Å². The van der Waals surface area contributed by atoms with E-state index in [1.807, 2.05) is 0 Å². The molecule has 1 N–H and O–H groups in total. The molecule has 2 heterocycles. The Kier molecular flexibility index (Phi) is 2.52. The van der Waals surface area contributed by atoms with Crippen molar-refractivity contribution in [2.24, 2.45) is 7.05 Å². The fourth-order valence-corrected chi connectivity index (χ4v) is 2.67. The van der Waals surface area contributed by atoms with Crippen LogP contribution in [0.2, 0.25) is 0 Å². The predicted octanol–water partition coefficient (Wildman–Crippen LogP) is 2.57. The summed E-state index contributed by atoms with van der Waals surface area (Å²) in [6, 6.07) is 11.2. The Bertz CT molecular complexity index is 522. The molecular formula is C15H18N2. The number of fused-ring (bicyclic) bond motifs is 1. The van der Waals surface area contributed by atoms with Gasteiger partial charge in [-0.1, -0.05) is 29.8 Å². The lowest BCUT2D eigenvalue weighted by Crippen LogP contribution is -2.29. The Hall–Kier alpha value is -1.54. The zero-order valence-corrected chi connectivity index (χ0v) is 10.4. The van der Waals surface area contributed by atoms with Gasteiger partial charge in [0.15, 0.2) is 0 Å². The normalized spacial score (nSPS) is 19.1. The van der Waals surface area contributed by atoms with Crippen molar-refractivity contribution >= 4 is 0 Å². The largest absolute Gasteiger partial charge is 0.353 e. The molecule has 1 aromatic carbocycles. The van der Waals surface area contributed by atoms with Crippen LogP contribution in [0, 0.1) is 6.92 Å². The second-order valence-electron chi connectivity index (χ2n) is 4.92. The van der Waals surface area contributed by atoms with Gasteiger partial charge in [0.2, 0.25) is 0 Å². The molecule has 0 radical (unpaired) electrons. The lowest BCUT2D eigenvalue weighted by atomic mass is 9.88. The van der Waals surface area contributed by atoms with E-state index < -0.39 is 0 Å². The lowest BCUT2D eigenvalue weighted by Gasteiger charge is -2.25. The molecule has 0 spiro atoms.